The third-order valence-electron chi connectivity index (χ3n) is 4.46. The van der Waals surface area contributed by atoms with Gasteiger partial charge in [0.15, 0.2) is 0 Å². The normalized spacial score (nSPS) is 22.9. The highest BCUT2D eigenvalue weighted by atomic mass is 16.5. The third kappa shape index (κ3) is 5.11. The van der Waals surface area contributed by atoms with Gasteiger partial charge in [0.2, 0.25) is 0 Å². The molecule has 1 rings (SSSR count). The van der Waals surface area contributed by atoms with Crippen molar-refractivity contribution in [1.82, 2.24) is 0 Å². The van der Waals surface area contributed by atoms with E-state index in [2.05, 4.69) is 13.8 Å². The SMILES string of the molecule is CCC(N)(CCCOC1CCC(C)(C)CC1)C(=O)O. The van der Waals surface area contributed by atoms with Gasteiger partial charge in [-0.2, -0.15) is 0 Å². The minimum absolute atomic E-state index is 0.353. The number of carboxylic acids is 1. The van der Waals surface area contributed by atoms with E-state index in [1.165, 1.54) is 12.8 Å². The third-order valence-corrected chi connectivity index (χ3v) is 4.46. The fourth-order valence-corrected chi connectivity index (χ4v) is 2.61. The van der Waals surface area contributed by atoms with Crippen molar-refractivity contribution in [1.29, 1.82) is 0 Å². The van der Waals surface area contributed by atoms with Crippen molar-refractivity contribution >= 4 is 5.97 Å². The average Bonchev–Trinajstić information content (AvgIpc) is 2.35. The lowest BCUT2D eigenvalue weighted by molar-refractivity contribution is -0.144. The van der Waals surface area contributed by atoms with Crippen LogP contribution in [0.4, 0.5) is 0 Å². The molecule has 1 unspecified atom stereocenters. The molecular formula is C15H29NO3. The van der Waals surface area contributed by atoms with Gasteiger partial charge >= 0.3 is 5.97 Å². The number of carboxylic acid groups (broad SMARTS) is 1. The second kappa shape index (κ2) is 6.71. The number of carbonyl (C=O) groups is 1. The maximum absolute atomic E-state index is 11.1. The van der Waals surface area contributed by atoms with Crippen LogP contribution < -0.4 is 5.73 Å². The molecule has 1 atom stereocenters. The highest BCUT2D eigenvalue weighted by Crippen LogP contribution is 2.36. The molecule has 19 heavy (non-hydrogen) atoms. The topological polar surface area (TPSA) is 72.5 Å². The molecule has 1 saturated carbocycles. The zero-order chi connectivity index (χ0) is 14.5. The summed E-state index contributed by atoms with van der Waals surface area (Å²) >= 11 is 0. The first kappa shape index (κ1) is 16.4. The molecule has 1 aliphatic carbocycles. The van der Waals surface area contributed by atoms with E-state index in [0.29, 0.717) is 31.0 Å². The number of aliphatic carboxylic acids is 1. The molecule has 0 bridgehead atoms. The smallest absolute Gasteiger partial charge is 0.323 e. The Bertz CT molecular complexity index is 294. The molecule has 112 valence electrons. The fourth-order valence-electron chi connectivity index (χ4n) is 2.61. The lowest BCUT2D eigenvalue weighted by atomic mass is 9.76. The molecule has 0 aromatic rings. The fraction of sp³-hybridized carbons (Fsp3) is 0.933. The van der Waals surface area contributed by atoms with Gasteiger partial charge in [0.05, 0.1) is 6.10 Å². The van der Waals surface area contributed by atoms with Crippen LogP contribution in [-0.2, 0) is 9.53 Å². The standard InChI is InChI=1S/C15H29NO3/c1-4-15(16,13(17)18)8-5-11-19-12-6-9-14(2,3)10-7-12/h12H,4-11,16H2,1-3H3,(H,17,18). The number of hydrogen-bond acceptors (Lipinski definition) is 3. The first-order chi connectivity index (χ1) is 8.79. The maximum atomic E-state index is 11.1. The van der Waals surface area contributed by atoms with Crippen molar-refractivity contribution in [3.63, 3.8) is 0 Å². The van der Waals surface area contributed by atoms with Crippen LogP contribution in [-0.4, -0.2) is 29.3 Å². The summed E-state index contributed by atoms with van der Waals surface area (Å²) in [6.07, 6.45) is 6.67. The van der Waals surface area contributed by atoms with Crippen molar-refractivity contribution in [3.05, 3.63) is 0 Å². The van der Waals surface area contributed by atoms with E-state index >= 15 is 0 Å². The Morgan fingerprint density at radius 1 is 1.42 bits per heavy atom. The molecule has 0 amide bonds. The van der Waals surface area contributed by atoms with Gasteiger partial charge in [0.1, 0.15) is 5.54 Å². The summed E-state index contributed by atoms with van der Waals surface area (Å²) in [5.74, 6) is -0.908. The Labute approximate surface area is 116 Å². The number of ether oxygens (including phenoxy) is 1. The van der Waals surface area contributed by atoms with Gasteiger partial charge in [0.25, 0.3) is 0 Å². The van der Waals surface area contributed by atoms with Gasteiger partial charge in [-0.15, -0.1) is 0 Å². The molecule has 1 fully saturated rings. The molecule has 3 N–H and O–H groups in total. The van der Waals surface area contributed by atoms with E-state index in [1.807, 2.05) is 6.92 Å². The first-order valence-electron chi connectivity index (χ1n) is 7.43. The van der Waals surface area contributed by atoms with E-state index < -0.39 is 11.5 Å². The summed E-state index contributed by atoms with van der Waals surface area (Å²) < 4.78 is 5.85. The van der Waals surface area contributed by atoms with Gasteiger partial charge in [-0.3, -0.25) is 4.79 Å². The first-order valence-corrected chi connectivity index (χ1v) is 7.43. The Balaban J connectivity index is 2.20. The highest BCUT2D eigenvalue weighted by Gasteiger charge is 2.31. The van der Waals surface area contributed by atoms with E-state index in [4.69, 9.17) is 15.6 Å². The van der Waals surface area contributed by atoms with Crippen LogP contribution in [0.1, 0.15) is 65.7 Å². The molecule has 0 aromatic heterocycles. The molecule has 0 saturated heterocycles. The second-order valence-electron chi connectivity index (χ2n) is 6.65. The van der Waals surface area contributed by atoms with Crippen LogP contribution in [0.3, 0.4) is 0 Å². The van der Waals surface area contributed by atoms with Crippen molar-refractivity contribution in [2.45, 2.75) is 77.4 Å². The average molecular weight is 271 g/mol. The predicted octanol–water partition coefficient (Wildman–Crippen LogP) is 2.94. The van der Waals surface area contributed by atoms with Gasteiger partial charge in [-0.1, -0.05) is 20.8 Å². The van der Waals surface area contributed by atoms with Crippen molar-refractivity contribution < 1.29 is 14.6 Å². The van der Waals surface area contributed by atoms with Crippen LogP contribution in [0.25, 0.3) is 0 Å². The van der Waals surface area contributed by atoms with E-state index in [9.17, 15) is 4.79 Å². The van der Waals surface area contributed by atoms with Crippen LogP contribution >= 0.6 is 0 Å². The minimum Gasteiger partial charge on any atom is -0.480 e. The van der Waals surface area contributed by atoms with E-state index in [0.717, 1.165) is 19.3 Å². The Morgan fingerprint density at radius 2 is 2.00 bits per heavy atom. The summed E-state index contributed by atoms with van der Waals surface area (Å²) in [5.41, 5.74) is 5.21. The number of nitrogens with two attached hydrogens (primary N) is 1. The molecule has 0 aromatic carbocycles. The van der Waals surface area contributed by atoms with E-state index in [-0.39, 0.29) is 0 Å². The van der Waals surface area contributed by atoms with Crippen LogP contribution in [0.2, 0.25) is 0 Å². The summed E-state index contributed by atoms with van der Waals surface area (Å²) in [6, 6.07) is 0. The van der Waals surface area contributed by atoms with Crippen LogP contribution in [0.5, 0.6) is 0 Å². The molecule has 0 aliphatic heterocycles. The van der Waals surface area contributed by atoms with Crippen LogP contribution in [0, 0.1) is 5.41 Å². The quantitative estimate of drug-likeness (QED) is 0.698. The second-order valence-corrected chi connectivity index (χ2v) is 6.65. The monoisotopic (exact) mass is 271 g/mol. The Morgan fingerprint density at radius 3 is 2.47 bits per heavy atom. The zero-order valence-electron chi connectivity index (χ0n) is 12.6. The van der Waals surface area contributed by atoms with Crippen LogP contribution in [0.15, 0.2) is 0 Å². The maximum Gasteiger partial charge on any atom is 0.323 e. The number of hydrogen-bond donors (Lipinski definition) is 2. The van der Waals surface area contributed by atoms with Gasteiger partial charge < -0.3 is 15.6 Å². The van der Waals surface area contributed by atoms with Crippen molar-refractivity contribution in [3.8, 4) is 0 Å². The zero-order valence-corrected chi connectivity index (χ0v) is 12.6. The summed E-state index contributed by atoms with van der Waals surface area (Å²) in [7, 11) is 0. The van der Waals surface area contributed by atoms with Gasteiger partial charge in [-0.05, 0) is 50.4 Å². The largest absolute Gasteiger partial charge is 0.480 e. The Kier molecular flexibility index (Phi) is 5.81. The lowest BCUT2D eigenvalue weighted by Gasteiger charge is -2.34. The van der Waals surface area contributed by atoms with Gasteiger partial charge in [0, 0.05) is 6.61 Å². The van der Waals surface area contributed by atoms with Crippen molar-refractivity contribution in [2.75, 3.05) is 6.61 Å². The molecule has 1 aliphatic rings. The molecule has 4 heteroatoms. The molecular weight excluding hydrogens is 242 g/mol. The molecule has 0 heterocycles. The summed E-state index contributed by atoms with van der Waals surface area (Å²) in [4.78, 5) is 11.1. The van der Waals surface area contributed by atoms with E-state index in [1.54, 1.807) is 0 Å². The van der Waals surface area contributed by atoms with Crippen molar-refractivity contribution in [2.24, 2.45) is 11.1 Å². The molecule has 0 spiro atoms. The van der Waals surface area contributed by atoms with Gasteiger partial charge in [-0.25, -0.2) is 0 Å². The number of rotatable bonds is 7. The summed E-state index contributed by atoms with van der Waals surface area (Å²) in [5, 5.41) is 9.07. The minimum atomic E-state index is -1.09. The predicted molar refractivity (Wildman–Crippen MR) is 76.1 cm³/mol. The lowest BCUT2D eigenvalue weighted by Crippen LogP contribution is -2.47. The summed E-state index contributed by atoms with van der Waals surface area (Å²) in [6.45, 7) is 7.05. The molecule has 0 radical (unpaired) electrons. The highest BCUT2D eigenvalue weighted by molar-refractivity contribution is 5.78. The Hall–Kier alpha value is -0.610. The molecule has 4 nitrogen and oxygen atoms in total.